The van der Waals surface area contributed by atoms with Crippen LogP contribution in [0.5, 0.6) is 0 Å². The monoisotopic (exact) mass is 388 g/mol. The van der Waals surface area contributed by atoms with Crippen LogP contribution < -0.4 is 5.32 Å². The Hall–Kier alpha value is -2.32. The van der Waals surface area contributed by atoms with Crippen molar-refractivity contribution in [1.29, 1.82) is 0 Å². The van der Waals surface area contributed by atoms with Crippen molar-refractivity contribution in [2.45, 2.75) is 26.2 Å². The van der Waals surface area contributed by atoms with Crippen molar-refractivity contribution in [2.24, 2.45) is 5.92 Å². The van der Waals surface area contributed by atoms with Gasteiger partial charge >= 0.3 is 0 Å². The van der Waals surface area contributed by atoms with Crippen molar-refractivity contribution < 1.29 is 14.7 Å². The van der Waals surface area contributed by atoms with Gasteiger partial charge in [-0.1, -0.05) is 0 Å². The predicted molar refractivity (Wildman–Crippen MR) is 103 cm³/mol. The lowest BCUT2D eigenvalue weighted by Gasteiger charge is -2.31. The first kappa shape index (κ1) is 19.4. The molecule has 0 aliphatic carbocycles. The summed E-state index contributed by atoms with van der Waals surface area (Å²) < 4.78 is 0. The maximum absolute atomic E-state index is 13.0. The maximum Gasteiger partial charge on any atom is 0.265 e. The summed E-state index contributed by atoms with van der Waals surface area (Å²) in [6.07, 6.45) is 5.56. The van der Waals surface area contributed by atoms with Crippen LogP contribution in [-0.2, 0) is 4.79 Å². The average Bonchev–Trinajstić information content (AvgIpc) is 3.10. The molecule has 144 valence electrons. The van der Waals surface area contributed by atoms with Crippen LogP contribution in [0.3, 0.4) is 0 Å². The molecule has 0 radical (unpaired) electrons. The fourth-order valence-electron chi connectivity index (χ4n) is 3.16. The fraction of sp³-hybridized carbons (Fsp3) is 0.474. The van der Waals surface area contributed by atoms with Gasteiger partial charge < -0.3 is 15.3 Å². The van der Waals surface area contributed by atoms with E-state index in [1.54, 1.807) is 17.3 Å². The molecule has 2 amide bonds. The van der Waals surface area contributed by atoms with Crippen LogP contribution in [0.15, 0.2) is 24.5 Å². The number of aromatic nitrogens is 2. The summed E-state index contributed by atoms with van der Waals surface area (Å²) in [6.45, 7) is 3.43. The summed E-state index contributed by atoms with van der Waals surface area (Å²) in [4.78, 5) is 36.3. The number of hydrogen-bond donors (Lipinski definition) is 2. The normalized spacial score (nSPS) is 17.0. The van der Waals surface area contributed by atoms with Crippen molar-refractivity contribution in [3.8, 4) is 10.6 Å². The average molecular weight is 388 g/mol. The van der Waals surface area contributed by atoms with Crippen LogP contribution in [0.2, 0.25) is 0 Å². The third-order valence-electron chi connectivity index (χ3n) is 4.61. The van der Waals surface area contributed by atoms with Gasteiger partial charge in [-0.25, -0.2) is 4.98 Å². The molecule has 0 spiro atoms. The number of aliphatic hydroxyl groups is 1. The zero-order chi connectivity index (χ0) is 19.2. The molecule has 7 nitrogen and oxygen atoms in total. The van der Waals surface area contributed by atoms with E-state index in [0.717, 1.165) is 23.4 Å². The summed E-state index contributed by atoms with van der Waals surface area (Å²) >= 11 is 1.37. The second kappa shape index (κ2) is 9.05. The van der Waals surface area contributed by atoms with Gasteiger partial charge in [0.15, 0.2) is 0 Å². The Labute approximate surface area is 162 Å². The molecule has 1 fully saturated rings. The molecule has 1 aliphatic rings. The molecular weight excluding hydrogens is 364 g/mol. The molecule has 3 rings (SSSR count). The van der Waals surface area contributed by atoms with E-state index in [9.17, 15) is 9.59 Å². The van der Waals surface area contributed by atoms with Gasteiger partial charge in [-0.2, -0.15) is 0 Å². The van der Waals surface area contributed by atoms with Crippen LogP contribution >= 0.6 is 11.3 Å². The van der Waals surface area contributed by atoms with Crippen LogP contribution in [-0.4, -0.2) is 58.0 Å². The van der Waals surface area contributed by atoms with Crippen LogP contribution in [0, 0.1) is 12.8 Å². The molecule has 1 aliphatic heterocycles. The molecule has 2 N–H and O–H groups in total. The van der Waals surface area contributed by atoms with E-state index in [1.807, 2.05) is 19.1 Å². The summed E-state index contributed by atoms with van der Waals surface area (Å²) in [5, 5.41) is 12.4. The van der Waals surface area contributed by atoms with Crippen molar-refractivity contribution >= 4 is 23.2 Å². The first-order valence-electron chi connectivity index (χ1n) is 9.16. The maximum atomic E-state index is 13.0. The van der Waals surface area contributed by atoms with E-state index in [2.05, 4.69) is 15.3 Å². The van der Waals surface area contributed by atoms with Gasteiger partial charge in [0.1, 0.15) is 9.88 Å². The van der Waals surface area contributed by atoms with Gasteiger partial charge in [0.25, 0.3) is 5.91 Å². The van der Waals surface area contributed by atoms with Crippen molar-refractivity contribution in [3.63, 3.8) is 0 Å². The number of rotatable bonds is 6. The standard InChI is InChI=1S/C19H24N4O3S/c1-13-16(27-18(22-13)14-5-2-7-20-11-14)19(26)23-9-3-6-15(12-23)17(25)21-8-4-10-24/h2,5,7,11,15,24H,3-4,6,8-10,12H2,1H3,(H,21,25). The summed E-state index contributed by atoms with van der Waals surface area (Å²) in [5.41, 5.74) is 1.60. The highest BCUT2D eigenvalue weighted by atomic mass is 32.1. The third-order valence-corrected chi connectivity index (χ3v) is 5.81. The van der Waals surface area contributed by atoms with E-state index in [1.165, 1.54) is 11.3 Å². The molecular formula is C19H24N4O3S. The zero-order valence-corrected chi connectivity index (χ0v) is 16.2. The summed E-state index contributed by atoms with van der Waals surface area (Å²) in [5.74, 6) is -0.307. The van der Waals surface area contributed by atoms with Crippen molar-refractivity contribution in [1.82, 2.24) is 20.2 Å². The molecule has 2 aromatic heterocycles. The number of piperidine rings is 1. The number of thiazole rings is 1. The summed E-state index contributed by atoms with van der Waals surface area (Å²) in [6, 6.07) is 3.77. The van der Waals surface area contributed by atoms with Gasteiger partial charge in [-0.15, -0.1) is 11.3 Å². The number of hydrogen-bond acceptors (Lipinski definition) is 6. The molecule has 0 aromatic carbocycles. The first-order valence-corrected chi connectivity index (χ1v) is 9.97. The fourth-order valence-corrected chi connectivity index (χ4v) is 4.19. The highest BCUT2D eigenvalue weighted by molar-refractivity contribution is 7.17. The molecule has 3 heterocycles. The number of amides is 2. The third kappa shape index (κ3) is 4.70. The minimum absolute atomic E-state index is 0.0435. The second-order valence-corrected chi connectivity index (χ2v) is 7.63. The van der Waals surface area contributed by atoms with E-state index in [0.29, 0.717) is 36.6 Å². The Bertz CT molecular complexity index is 794. The predicted octanol–water partition coefficient (Wildman–Crippen LogP) is 1.86. The van der Waals surface area contributed by atoms with Crippen molar-refractivity contribution in [3.05, 3.63) is 35.1 Å². The van der Waals surface area contributed by atoms with E-state index >= 15 is 0 Å². The number of likely N-dealkylation sites (tertiary alicyclic amines) is 1. The smallest absolute Gasteiger partial charge is 0.265 e. The quantitative estimate of drug-likeness (QED) is 0.737. The lowest BCUT2D eigenvalue weighted by atomic mass is 9.97. The molecule has 0 bridgehead atoms. The highest BCUT2D eigenvalue weighted by Gasteiger charge is 2.30. The van der Waals surface area contributed by atoms with Crippen LogP contribution in [0.1, 0.15) is 34.6 Å². The topological polar surface area (TPSA) is 95.4 Å². The number of pyridine rings is 1. The molecule has 1 saturated heterocycles. The second-order valence-electron chi connectivity index (χ2n) is 6.63. The number of carbonyl (C=O) groups excluding carboxylic acids is 2. The zero-order valence-electron chi connectivity index (χ0n) is 15.4. The number of aliphatic hydroxyl groups excluding tert-OH is 1. The Kier molecular flexibility index (Phi) is 6.52. The SMILES string of the molecule is Cc1nc(-c2cccnc2)sc1C(=O)N1CCCC(C(=O)NCCCO)C1. The minimum atomic E-state index is -0.201. The largest absolute Gasteiger partial charge is 0.396 e. The Morgan fingerprint density at radius 1 is 1.44 bits per heavy atom. The summed E-state index contributed by atoms with van der Waals surface area (Å²) in [7, 11) is 0. The molecule has 1 unspecified atom stereocenters. The Morgan fingerprint density at radius 3 is 3.04 bits per heavy atom. The highest BCUT2D eigenvalue weighted by Crippen LogP contribution is 2.29. The van der Waals surface area contributed by atoms with Crippen LogP contribution in [0.4, 0.5) is 0 Å². The van der Waals surface area contributed by atoms with Crippen LogP contribution in [0.25, 0.3) is 10.6 Å². The number of carbonyl (C=O) groups is 2. The van der Waals surface area contributed by atoms with Gasteiger partial charge in [0.2, 0.25) is 5.91 Å². The molecule has 1 atom stereocenters. The van der Waals surface area contributed by atoms with Gasteiger partial charge in [0.05, 0.1) is 11.6 Å². The first-order chi connectivity index (χ1) is 13.1. The van der Waals surface area contributed by atoms with E-state index in [4.69, 9.17) is 5.11 Å². The van der Waals surface area contributed by atoms with Gasteiger partial charge in [-0.05, 0) is 38.3 Å². The lowest BCUT2D eigenvalue weighted by molar-refractivity contribution is -0.126. The molecule has 0 saturated carbocycles. The number of aryl methyl sites for hydroxylation is 1. The van der Waals surface area contributed by atoms with E-state index < -0.39 is 0 Å². The number of nitrogens with zero attached hydrogens (tertiary/aromatic N) is 3. The van der Waals surface area contributed by atoms with Gasteiger partial charge in [-0.3, -0.25) is 14.6 Å². The molecule has 8 heteroatoms. The number of nitrogens with one attached hydrogen (secondary N) is 1. The van der Waals surface area contributed by atoms with Crippen molar-refractivity contribution in [2.75, 3.05) is 26.2 Å². The Balaban J connectivity index is 1.68. The molecule has 27 heavy (non-hydrogen) atoms. The molecule has 2 aromatic rings. The van der Waals surface area contributed by atoms with Gasteiger partial charge in [0, 0.05) is 44.2 Å². The van der Waals surface area contributed by atoms with E-state index in [-0.39, 0.29) is 24.3 Å². The Morgan fingerprint density at radius 2 is 2.30 bits per heavy atom. The lowest BCUT2D eigenvalue weighted by Crippen LogP contribution is -2.45. The minimum Gasteiger partial charge on any atom is -0.396 e.